The summed E-state index contributed by atoms with van der Waals surface area (Å²) in [6.45, 7) is 0.432. The lowest BCUT2D eigenvalue weighted by molar-refractivity contribution is 0.301. The van der Waals surface area contributed by atoms with Crippen LogP contribution in [0.2, 0.25) is 0 Å². The molecule has 1 aliphatic rings. The molecule has 116 valence electrons. The van der Waals surface area contributed by atoms with E-state index >= 15 is 0 Å². The van der Waals surface area contributed by atoms with Crippen molar-refractivity contribution in [2.45, 2.75) is 6.61 Å². The molecule has 0 saturated carbocycles. The Morgan fingerprint density at radius 2 is 1.92 bits per heavy atom. The van der Waals surface area contributed by atoms with Gasteiger partial charge in [-0.25, -0.2) is 9.78 Å². The van der Waals surface area contributed by atoms with Crippen LogP contribution < -0.4 is 10.4 Å². The Kier molecular flexibility index (Phi) is 2.82. The first-order valence-corrected chi connectivity index (χ1v) is 8.28. The van der Waals surface area contributed by atoms with Crippen LogP contribution in [0.4, 0.5) is 0 Å². The van der Waals surface area contributed by atoms with Crippen LogP contribution in [0.3, 0.4) is 0 Å². The van der Waals surface area contributed by atoms with Crippen molar-refractivity contribution in [1.29, 1.82) is 0 Å². The van der Waals surface area contributed by atoms with Crippen molar-refractivity contribution in [2.24, 2.45) is 0 Å². The topological polar surface area (TPSA) is 52.3 Å². The number of nitrogens with zero attached hydrogens (tertiary/aromatic N) is 1. The van der Waals surface area contributed by atoms with Crippen LogP contribution in [0.15, 0.2) is 62.2 Å². The summed E-state index contributed by atoms with van der Waals surface area (Å²) in [5.41, 5.74) is 3.10. The van der Waals surface area contributed by atoms with Crippen molar-refractivity contribution in [3.05, 3.63) is 69.0 Å². The standard InChI is InChI=1S/C19H10BrNO3/c20-11-5-6-15-14(8-11)17-10(9-23-15)7-13-12-3-1-2-4-16(12)24-19(22)18(13)21-17/h1-8H,9H2. The molecule has 0 fully saturated rings. The van der Waals surface area contributed by atoms with E-state index in [1.54, 1.807) is 6.07 Å². The van der Waals surface area contributed by atoms with Gasteiger partial charge >= 0.3 is 5.63 Å². The van der Waals surface area contributed by atoms with Gasteiger partial charge in [0.15, 0.2) is 5.52 Å². The van der Waals surface area contributed by atoms with E-state index < -0.39 is 5.63 Å². The number of aromatic nitrogens is 1. The number of hydrogen-bond donors (Lipinski definition) is 0. The molecule has 2 aromatic heterocycles. The van der Waals surface area contributed by atoms with Crippen molar-refractivity contribution in [1.82, 2.24) is 4.98 Å². The van der Waals surface area contributed by atoms with Gasteiger partial charge in [-0.05, 0) is 30.3 Å². The van der Waals surface area contributed by atoms with Gasteiger partial charge in [-0.15, -0.1) is 0 Å². The van der Waals surface area contributed by atoms with Crippen molar-refractivity contribution in [3.63, 3.8) is 0 Å². The van der Waals surface area contributed by atoms with Crippen LogP contribution in [-0.2, 0) is 6.61 Å². The first kappa shape index (κ1) is 13.7. The fourth-order valence-electron chi connectivity index (χ4n) is 3.15. The molecule has 5 heteroatoms. The smallest absolute Gasteiger partial charge is 0.363 e. The zero-order valence-corrected chi connectivity index (χ0v) is 14.0. The Morgan fingerprint density at radius 3 is 2.83 bits per heavy atom. The third kappa shape index (κ3) is 1.91. The molecule has 1 aliphatic heterocycles. The van der Waals surface area contributed by atoms with E-state index in [-0.39, 0.29) is 0 Å². The average Bonchev–Trinajstić information content (AvgIpc) is 2.60. The number of halogens is 1. The minimum Gasteiger partial charge on any atom is -0.488 e. The normalized spacial score (nSPS) is 12.7. The van der Waals surface area contributed by atoms with Crippen LogP contribution in [0.5, 0.6) is 5.75 Å². The third-order valence-electron chi connectivity index (χ3n) is 4.25. The van der Waals surface area contributed by atoms with E-state index in [1.165, 1.54) is 0 Å². The largest absolute Gasteiger partial charge is 0.488 e. The van der Waals surface area contributed by atoms with Gasteiger partial charge < -0.3 is 9.15 Å². The minimum absolute atomic E-state index is 0.347. The molecule has 0 radical (unpaired) electrons. The minimum atomic E-state index is -0.422. The summed E-state index contributed by atoms with van der Waals surface area (Å²) in [7, 11) is 0. The summed E-state index contributed by atoms with van der Waals surface area (Å²) in [4.78, 5) is 17.0. The summed E-state index contributed by atoms with van der Waals surface area (Å²) in [5.74, 6) is 0.766. The van der Waals surface area contributed by atoms with Gasteiger partial charge in [0.2, 0.25) is 0 Å². The highest BCUT2D eigenvalue weighted by atomic mass is 79.9. The van der Waals surface area contributed by atoms with Gasteiger partial charge in [0.25, 0.3) is 0 Å². The van der Waals surface area contributed by atoms with Gasteiger partial charge in [-0.3, -0.25) is 0 Å². The molecule has 0 aliphatic carbocycles. The quantitative estimate of drug-likeness (QED) is 0.329. The van der Waals surface area contributed by atoms with Crippen molar-refractivity contribution in [3.8, 4) is 17.0 Å². The number of benzene rings is 2. The fraction of sp³-hybridized carbons (Fsp3) is 0.0526. The van der Waals surface area contributed by atoms with E-state index in [0.29, 0.717) is 17.7 Å². The summed E-state index contributed by atoms with van der Waals surface area (Å²) >= 11 is 3.48. The molecule has 0 amide bonds. The van der Waals surface area contributed by atoms with Crippen LogP contribution in [0.25, 0.3) is 33.1 Å². The predicted molar refractivity (Wildman–Crippen MR) is 95.3 cm³/mol. The molecule has 0 bridgehead atoms. The Morgan fingerprint density at radius 1 is 1.04 bits per heavy atom. The molecule has 0 unspecified atom stereocenters. The maximum Gasteiger partial charge on any atom is 0.363 e. The molecule has 0 atom stereocenters. The molecule has 0 N–H and O–H groups in total. The Balaban J connectivity index is 1.92. The highest BCUT2D eigenvalue weighted by Gasteiger charge is 2.21. The highest BCUT2D eigenvalue weighted by Crippen LogP contribution is 2.39. The van der Waals surface area contributed by atoms with E-state index in [9.17, 15) is 4.79 Å². The molecule has 0 saturated heterocycles. The fourth-order valence-corrected chi connectivity index (χ4v) is 3.51. The summed E-state index contributed by atoms with van der Waals surface area (Å²) in [5, 5.41) is 1.67. The molecule has 5 rings (SSSR count). The predicted octanol–water partition coefficient (Wildman–Crippen LogP) is 4.66. The van der Waals surface area contributed by atoms with E-state index in [4.69, 9.17) is 9.15 Å². The maximum absolute atomic E-state index is 12.4. The molecular formula is C19H10BrNO3. The van der Waals surface area contributed by atoms with Gasteiger partial charge in [-0.1, -0.05) is 34.1 Å². The number of hydrogen-bond acceptors (Lipinski definition) is 4. The Bertz CT molecular complexity index is 1200. The number of rotatable bonds is 0. The van der Waals surface area contributed by atoms with Gasteiger partial charge in [0.1, 0.15) is 17.9 Å². The summed E-state index contributed by atoms with van der Waals surface area (Å²) < 4.78 is 12.2. The van der Waals surface area contributed by atoms with Gasteiger partial charge in [0.05, 0.1) is 5.69 Å². The van der Waals surface area contributed by atoms with Crippen LogP contribution in [0.1, 0.15) is 5.56 Å². The molecule has 2 aromatic carbocycles. The first-order chi connectivity index (χ1) is 11.7. The zero-order chi connectivity index (χ0) is 16.3. The highest BCUT2D eigenvalue weighted by molar-refractivity contribution is 9.10. The Labute approximate surface area is 144 Å². The van der Waals surface area contributed by atoms with E-state index in [1.807, 2.05) is 42.5 Å². The number of ether oxygens (including phenoxy) is 1. The lowest BCUT2D eigenvalue weighted by Crippen LogP contribution is -2.10. The van der Waals surface area contributed by atoms with Crippen molar-refractivity contribution in [2.75, 3.05) is 0 Å². The number of para-hydroxylation sites is 1. The summed E-state index contributed by atoms with van der Waals surface area (Å²) in [6, 6.07) is 15.3. The second-order valence-corrected chi connectivity index (χ2v) is 6.62. The lowest BCUT2D eigenvalue weighted by Gasteiger charge is -2.20. The number of fused-ring (bicyclic) bond motifs is 6. The first-order valence-electron chi connectivity index (χ1n) is 7.49. The SMILES string of the molecule is O=c1oc2ccccc2c2cc3c(nc12)-c1cc(Br)ccc1OC3. The third-order valence-corrected chi connectivity index (χ3v) is 4.75. The second-order valence-electron chi connectivity index (χ2n) is 5.71. The number of pyridine rings is 1. The van der Waals surface area contributed by atoms with Crippen LogP contribution in [-0.4, -0.2) is 4.98 Å². The monoisotopic (exact) mass is 379 g/mol. The van der Waals surface area contributed by atoms with Crippen LogP contribution in [0, 0.1) is 0 Å². The lowest BCUT2D eigenvalue weighted by atomic mass is 10.00. The molecule has 0 spiro atoms. The maximum atomic E-state index is 12.4. The second kappa shape index (κ2) is 4.92. The van der Waals surface area contributed by atoms with E-state index in [2.05, 4.69) is 20.9 Å². The molecule has 24 heavy (non-hydrogen) atoms. The van der Waals surface area contributed by atoms with E-state index in [0.717, 1.165) is 37.8 Å². The molecule has 3 heterocycles. The summed E-state index contributed by atoms with van der Waals surface area (Å²) in [6.07, 6.45) is 0. The van der Waals surface area contributed by atoms with Crippen molar-refractivity contribution >= 4 is 37.8 Å². The van der Waals surface area contributed by atoms with Gasteiger partial charge in [-0.2, -0.15) is 0 Å². The molecule has 4 nitrogen and oxygen atoms in total. The zero-order valence-electron chi connectivity index (χ0n) is 12.4. The Hall–Kier alpha value is -2.66. The average molecular weight is 380 g/mol. The molecular weight excluding hydrogens is 370 g/mol. The molecule has 4 aromatic rings. The van der Waals surface area contributed by atoms with Crippen LogP contribution >= 0.6 is 15.9 Å². The van der Waals surface area contributed by atoms with Crippen molar-refractivity contribution < 1.29 is 9.15 Å². The van der Waals surface area contributed by atoms with Gasteiger partial charge in [0, 0.05) is 26.4 Å².